The number of benzene rings is 2. The minimum Gasteiger partial charge on any atom is -0.457 e. The van der Waals surface area contributed by atoms with E-state index in [1.54, 1.807) is 0 Å². The van der Waals surface area contributed by atoms with Gasteiger partial charge in [0, 0.05) is 5.25 Å². The summed E-state index contributed by atoms with van der Waals surface area (Å²) in [7, 11) is 0. The normalized spacial score (nSPS) is 12.5. The Balaban J connectivity index is 2.08. The Kier molecular flexibility index (Phi) is 4.54. The Morgan fingerprint density at radius 3 is 1.53 bits per heavy atom. The van der Waals surface area contributed by atoms with Crippen LogP contribution in [-0.4, -0.2) is 0 Å². The molecule has 1 nitrogen and oxygen atoms in total. The van der Waals surface area contributed by atoms with Gasteiger partial charge < -0.3 is 4.74 Å². The van der Waals surface area contributed by atoms with Crippen LogP contribution in [0.4, 0.5) is 0 Å². The summed E-state index contributed by atoms with van der Waals surface area (Å²) in [6, 6.07) is 16.3. The molecule has 0 fully saturated rings. The van der Waals surface area contributed by atoms with E-state index in [-0.39, 0.29) is 5.25 Å². The van der Waals surface area contributed by atoms with E-state index in [0.29, 0.717) is 5.92 Å². The molecule has 0 saturated carbocycles. The summed E-state index contributed by atoms with van der Waals surface area (Å²) in [6.45, 7) is 6.43. The molecule has 1 atom stereocenters. The summed E-state index contributed by atoms with van der Waals surface area (Å²) in [4.78, 5) is 0. The van der Waals surface area contributed by atoms with Crippen molar-refractivity contribution in [2.45, 2.75) is 31.9 Å². The standard InChI is InChI=1S/C17H20OS/c1-12(2)14-4-8-16(9-5-14)18-17-10-6-15(7-11-17)13(3)19/h4-13,19H,1-3H3. The summed E-state index contributed by atoms with van der Waals surface area (Å²) < 4.78 is 5.82. The van der Waals surface area contributed by atoms with Gasteiger partial charge in [0.2, 0.25) is 0 Å². The smallest absolute Gasteiger partial charge is 0.127 e. The molecule has 0 radical (unpaired) electrons. The van der Waals surface area contributed by atoms with Crippen LogP contribution in [0.15, 0.2) is 48.5 Å². The SMILES string of the molecule is CC(C)c1ccc(Oc2ccc(C(C)S)cc2)cc1. The highest BCUT2D eigenvalue weighted by atomic mass is 32.1. The molecule has 0 saturated heterocycles. The Morgan fingerprint density at radius 1 is 0.737 bits per heavy atom. The van der Waals surface area contributed by atoms with Gasteiger partial charge in [0.25, 0.3) is 0 Å². The molecule has 0 aromatic heterocycles. The molecule has 0 N–H and O–H groups in total. The second-order valence-electron chi connectivity index (χ2n) is 5.07. The zero-order valence-corrected chi connectivity index (χ0v) is 12.5. The van der Waals surface area contributed by atoms with E-state index in [4.69, 9.17) is 4.74 Å². The van der Waals surface area contributed by atoms with Crippen molar-refractivity contribution in [3.63, 3.8) is 0 Å². The molecule has 0 spiro atoms. The first-order valence-electron chi connectivity index (χ1n) is 6.62. The zero-order valence-electron chi connectivity index (χ0n) is 11.6. The van der Waals surface area contributed by atoms with Crippen molar-refractivity contribution in [1.82, 2.24) is 0 Å². The van der Waals surface area contributed by atoms with Gasteiger partial charge in [-0.1, -0.05) is 38.1 Å². The number of ether oxygens (including phenoxy) is 1. The molecule has 1 unspecified atom stereocenters. The van der Waals surface area contributed by atoms with Crippen LogP contribution in [0.5, 0.6) is 11.5 Å². The number of hydrogen-bond donors (Lipinski definition) is 1. The minimum absolute atomic E-state index is 0.249. The second kappa shape index (κ2) is 6.16. The molecule has 100 valence electrons. The summed E-state index contributed by atoms with van der Waals surface area (Å²) in [6.07, 6.45) is 0. The number of hydrogen-bond acceptors (Lipinski definition) is 2. The average Bonchev–Trinajstić information content (AvgIpc) is 2.40. The van der Waals surface area contributed by atoms with Gasteiger partial charge >= 0.3 is 0 Å². The fourth-order valence-electron chi connectivity index (χ4n) is 1.87. The molecule has 2 aromatic rings. The molecule has 0 aliphatic heterocycles. The van der Waals surface area contributed by atoms with Gasteiger partial charge in [0.05, 0.1) is 0 Å². The van der Waals surface area contributed by atoms with E-state index in [0.717, 1.165) is 11.5 Å². The highest BCUT2D eigenvalue weighted by Crippen LogP contribution is 2.26. The molecular weight excluding hydrogens is 252 g/mol. The van der Waals surface area contributed by atoms with E-state index >= 15 is 0 Å². The number of rotatable bonds is 4. The molecule has 0 aliphatic rings. The predicted molar refractivity (Wildman–Crippen MR) is 84.4 cm³/mol. The summed E-state index contributed by atoms with van der Waals surface area (Å²) in [5.74, 6) is 2.27. The third-order valence-electron chi connectivity index (χ3n) is 3.14. The molecule has 0 heterocycles. The van der Waals surface area contributed by atoms with Crippen LogP contribution < -0.4 is 4.74 Å². The Bertz CT molecular complexity index is 462. The molecule has 19 heavy (non-hydrogen) atoms. The van der Waals surface area contributed by atoms with Crippen molar-refractivity contribution in [2.24, 2.45) is 0 Å². The fraction of sp³-hybridized carbons (Fsp3) is 0.294. The molecule has 2 rings (SSSR count). The lowest BCUT2D eigenvalue weighted by atomic mass is 10.0. The van der Waals surface area contributed by atoms with Crippen LogP contribution in [0.2, 0.25) is 0 Å². The van der Waals surface area contributed by atoms with Crippen LogP contribution in [0.1, 0.15) is 43.1 Å². The summed E-state index contributed by atoms with van der Waals surface area (Å²) in [5, 5.41) is 0.249. The largest absolute Gasteiger partial charge is 0.457 e. The number of thiol groups is 1. The highest BCUT2D eigenvalue weighted by Gasteiger charge is 2.02. The van der Waals surface area contributed by atoms with Crippen molar-refractivity contribution < 1.29 is 4.74 Å². The van der Waals surface area contributed by atoms with Gasteiger partial charge in [0.1, 0.15) is 11.5 Å². The summed E-state index contributed by atoms with van der Waals surface area (Å²) >= 11 is 4.41. The third kappa shape index (κ3) is 3.77. The topological polar surface area (TPSA) is 9.23 Å². The molecule has 2 heteroatoms. The first-order chi connectivity index (χ1) is 9.06. The van der Waals surface area contributed by atoms with Crippen LogP contribution in [0, 0.1) is 0 Å². The molecule has 2 aromatic carbocycles. The predicted octanol–water partition coefficient (Wildman–Crippen LogP) is 5.59. The first kappa shape index (κ1) is 14.0. The third-order valence-corrected chi connectivity index (χ3v) is 3.44. The van der Waals surface area contributed by atoms with Crippen LogP contribution in [0.25, 0.3) is 0 Å². The monoisotopic (exact) mass is 272 g/mol. The second-order valence-corrected chi connectivity index (χ2v) is 5.85. The Hall–Kier alpha value is -1.41. The summed E-state index contributed by atoms with van der Waals surface area (Å²) in [5.41, 5.74) is 2.53. The van der Waals surface area contributed by atoms with Gasteiger partial charge in [-0.2, -0.15) is 12.6 Å². The van der Waals surface area contributed by atoms with Gasteiger partial charge in [0.15, 0.2) is 0 Å². The van der Waals surface area contributed by atoms with E-state index in [1.807, 2.05) is 24.3 Å². The van der Waals surface area contributed by atoms with Crippen LogP contribution in [0.3, 0.4) is 0 Å². The van der Waals surface area contributed by atoms with Crippen molar-refractivity contribution in [1.29, 1.82) is 0 Å². The lowest BCUT2D eigenvalue weighted by molar-refractivity contribution is 0.482. The lowest BCUT2D eigenvalue weighted by Gasteiger charge is -2.10. The quantitative estimate of drug-likeness (QED) is 0.713. The maximum absolute atomic E-state index is 5.82. The molecule has 0 aliphatic carbocycles. The maximum Gasteiger partial charge on any atom is 0.127 e. The van der Waals surface area contributed by atoms with Crippen molar-refractivity contribution >= 4 is 12.6 Å². The van der Waals surface area contributed by atoms with E-state index < -0.39 is 0 Å². The van der Waals surface area contributed by atoms with E-state index in [1.165, 1.54) is 11.1 Å². The maximum atomic E-state index is 5.82. The van der Waals surface area contributed by atoms with E-state index in [9.17, 15) is 0 Å². The van der Waals surface area contributed by atoms with Gasteiger partial charge in [-0.15, -0.1) is 0 Å². The average molecular weight is 272 g/mol. The van der Waals surface area contributed by atoms with Crippen LogP contribution >= 0.6 is 12.6 Å². The molecule has 0 bridgehead atoms. The van der Waals surface area contributed by atoms with E-state index in [2.05, 4.69) is 57.7 Å². The molecule has 0 amide bonds. The van der Waals surface area contributed by atoms with Crippen molar-refractivity contribution in [2.75, 3.05) is 0 Å². The molecular formula is C17H20OS. The lowest BCUT2D eigenvalue weighted by Crippen LogP contribution is -1.89. The van der Waals surface area contributed by atoms with Crippen molar-refractivity contribution in [3.8, 4) is 11.5 Å². The fourth-order valence-corrected chi connectivity index (χ4v) is 2.04. The van der Waals surface area contributed by atoms with Gasteiger partial charge in [-0.3, -0.25) is 0 Å². The van der Waals surface area contributed by atoms with Gasteiger partial charge in [-0.25, -0.2) is 0 Å². The Labute approximate surface area is 121 Å². The minimum atomic E-state index is 0.249. The van der Waals surface area contributed by atoms with Crippen LogP contribution in [-0.2, 0) is 0 Å². The highest BCUT2D eigenvalue weighted by molar-refractivity contribution is 7.80. The zero-order chi connectivity index (χ0) is 13.8. The first-order valence-corrected chi connectivity index (χ1v) is 7.13. The Morgan fingerprint density at radius 2 is 1.16 bits per heavy atom. The van der Waals surface area contributed by atoms with Gasteiger partial charge in [-0.05, 0) is 48.2 Å². The van der Waals surface area contributed by atoms with Crippen molar-refractivity contribution in [3.05, 3.63) is 59.7 Å².